The molecule has 0 radical (unpaired) electrons. The summed E-state index contributed by atoms with van der Waals surface area (Å²) < 4.78 is 16.9. The summed E-state index contributed by atoms with van der Waals surface area (Å²) in [5.74, 6) is -0.686. The van der Waals surface area contributed by atoms with Gasteiger partial charge in [0, 0.05) is 29.6 Å². The quantitative estimate of drug-likeness (QED) is 0.0460. The van der Waals surface area contributed by atoms with Crippen molar-refractivity contribution in [2.45, 2.75) is 83.2 Å². The number of hydrogen-bond donors (Lipinski definition) is 4. The molecule has 3 atom stereocenters. The maximum absolute atomic E-state index is 14.1. The van der Waals surface area contributed by atoms with Gasteiger partial charge in [-0.2, -0.15) is 0 Å². The number of ether oxygens (including phenoxy) is 3. The lowest BCUT2D eigenvalue weighted by Gasteiger charge is -2.25. The molecule has 5 rings (SSSR count). The van der Waals surface area contributed by atoms with E-state index in [4.69, 9.17) is 14.2 Å². The monoisotopic (exact) mass is 746 g/mol. The van der Waals surface area contributed by atoms with Gasteiger partial charge in [-0.15, -0.1) is 0 Å². The highest BCUT2D eigenvalue weighted by Crippen LogP contribution is 2.20. The number of carbonyl (C=O) groups is 4. The number of unbranched alkanes of at least 4 members (excludes halogenated alkanes) is 1. The molecule has 0 aliphatic rings. The first kappa shape index (κ1) is 40.1. The number of alkyl carbamates (subject to hydrolysis) is 1. The van der Waals surface area contributed by atoms with Crippen LogP contribution in [0.4, 0.5) is 4.79 Å². The standard InChI is InChI=1S/C44H50N4O7/c1-2-3-24-39(42(50)46-35(20-15-26-53-36-21-11-6-12-22-36)28-41(49)54-30-32-16-7-4-8-17-32)47-43(51)40(27-34-29-45-38-25-14-13-23-37(34)38)48-44(52)55-31-33-18-9-5-10-19-33/h4-14,16-19,21-23,25,29,35,39-40,45H,2-3,15,20,24,26-28,30-31H2,1H3,(H,46,50)(H,47,51)(H,48,52)/t35-,39-,40-/m0/s1. The minimum absolute atomic E-state index is 0.0290. The van der Waals surface area contributed by atoms with Gasteiger partial charge in [-0.05, 0) is 54.2 Å². The molecule has 55 heavy (non-hydrogen) atoms. The fourth-order valence-corrected chi connectivity index (χ4v) is 6.15. The van der Waals surface area contributed by atoms with Crippen molar-refractivity contribution in [1.82, 2.24) is 20.9 Å². The molecule has 288 valence electrons. The predicted molar refractivity (Wildman–Crippen MR) is 211 cm³/mol. The Morgan fingerprint density at radius 2 is 1.27 bits per heavy atom. The van der Waals surface area contributed by atoms with Gasteiger partial charge in [0.1, 0.15) is 31.0 Å². The number of aromatic amines is 1. The first-order valence-electron chi connectivity index (χ1n) is 18.9. The zero-order valence-corrected chi connectivity index (χ0v) is 31.2. The van der Waals surface area contributed by atoms with Crippen LogP contribution in [0.15, 0.2) is 121 Å². The number of hydrogen-bond acceptors (Lipinski definition) is 7. The molecular formula is C44H50N4O7. The smallest absolute Gasteiger partial charge is 0.408 e. The van der Waals surface area contributed by atoms with E-state index in [2.05, 4.69) is 20.9 Å². The molecule has 0 fully saturated rings. The third-order valence-electron chi connectivity index (χ3n) is 9.11. The molecule has 4 N–H and O–H groups in total. The van der Waals surface area contributed by atoms with Crippen LogP contribution >= 0.6 is 0 Å². The van der Waals surface area contributed by atoms with E-state index in [1.807, 2.05) is 128 Å². The lowest BCUT2D eigenvalue weighted by molar-refractivity contribution is -0.145. The number of aromatic nitrogens is 1. The van der Waals surface area contributed by atoms with Gasteiger partial charge >= 0.3 is 12.1 Å². The zero-order chi connectivity index (χ0) is 38.7. The third-order valence-corrected chi connectivity index (χ3v) is 9.11. The topological polar surface area (TPSA) is 148 Å². The Kier molecular flexibility index (Phi) is 15.7. The van der Waals surface area contributed by atoms with Crippen molar-refractivity contribution in [3.05, 3.63) is 138 Å². The molecule has 0 aliphatic heterocycles. The fourth-order valence-electron chi connectivity index (χ4n) is 6.15. The van der Waals surface area contributed by atoms with Crippen LogP contribution in [0.3, 0.4) is 0 Å². The molecule has 3 amide bonds. The normalized spacial score (nSPS) is 12.5. The number of H-pyrrole nitrogens is 1. The first-order chi connectivity index (χ1) is 26.9. The number of para-hydroxylation sites is 2. The van der Waals surface area contributed by atoms with Crippen molar-refractivity contribution < 1.29 is 33.4 Å². The number of esters is 1. The molecule has 11 nitrogen and oxygen atoms in total. The average Bonchev–Trinajstić information content (AvgIpc) is 3.62. The van der Waals surface area contributed by atoms with E-state index >= 15 is 0 Å². The summed E-state index contributed by atoms with van der Waals surface area (Å²) in [7, 11) is 0. The maximum Gasteiger partial charge on any atom is 0.408 e. The molecular weight excluding hydrogens is 697 g/mol. The van der Waals surface area contributed by atoms with Gasteiger partial charge < -0.3 is 35.1 Å². The van der Waals surface area contributed by atoms with E-state index in [0.29, 0.717) is 32.3 Å². The first-order valence-corrected chi connectivity index (χ1v) is 18.9. The Hall–Kier alpha value is -6.10. The Balaban J connectivity index is 1.27. The number of rotatable bonds is 21. The van der Waals surface area contributed by atoms with E-state index in [9.17, 15) is 19.2 Å². The van der Waals surface area contributed by atoms with Crippen molar-refractivity contribution in [1.29, 1.82) is 0 Å². The van der Waals surface area contributed by atoms with E-state index < -0.39 is 42.0 Å². The van der Waals surface area contributed by atoms with Crippen molar-refractivity contribution >= 4 is 34.8 Å². The SMILES string of the molecule is CCCC[C@H](NC(=O)[C@H](Cc1c[nH]c2ccccc12)NC(=O)OCc1ccccc1)C(=O)N[C@@H](CCCOc1ccccc1)CC(=O)OCc1ccccc1. The number of amides is 3. The van der Waals surface area contributed by atoms with Crippen LogP contribution < -0.4 is 20.7 Å². The average molecular weight is 747 g/mol. The summed E-state index contributed by atoms with van der Waals surface area (Å²) in [6, 6.07) is 33.2. The molecule has 0 aliphatic carbocycles. The van der Waals surface area contributed by atoms with Crippen LogP contribution in [-0.4, -0.2) is 53.6 Å². The number of carbonyl (C=O) groups excluding carboxylic acids is 4. The Morgan fingerprint density at radius 3 is 1.96 bits per heavy atom. The summed E-state index contributed by atoms with van der Waals surface area (Å²) in [6.45, 7) is 2.53. The molecule has 4 aromatic carbocycles. The second-order valence-electron chi connectivity index (χ2n) is 13.4. The van der Waals surface area contributed by atoms with E-state index in [0.717, 1.165) is 39.8 Å². The Labute approximate surface area is 322 Å². The van der Waals surface area contributed by atoms with Crippen LogP contribution in [0.2, 0.25) is 0 Å². The zero-order valence-electron chi connectivity index (χ0n) is 31.2. The highest BCUT2D eigenvalue weighted by Gasteiger charge is 2.29. The summed E-state index contributed by atoms with van der Waals surface area (Å²) in [5.41, 5.74) is 3.37. The van der Waals surface area contributed by atoms with Gasteiger partial charge in [-0.1, -0.05) is 117 Å². The number of fused-ring (bicyclic) bond motifs is 1. The molecule has 1 heterocycles. The van der Waals surface area contributed by atoms with Gasteiger partial charge in [-0.3, -0.25) is 14.4 Å². The van der Waals surface area contributed by atoms with Gasteiger partial charge in [-0.25, -0.2) is 4.79 Å². The molecule has 0 bridgehead atoms. The predicted octanol–water partition coefficient (Wildman–Crippen LogP) is 7.16. The van der Waals surface area contributed by atoms with Gasteiger partial charge in [0.15, 0.2) is 0 Å². The van der Waals surface area contributed by atoms with Gasteiger partial charge in [0.05, 0.1) is 13.0 Å². The Bertz CT molecular complexity index is 1940. The van der Waals surface area contributed by atoms with E-state index in [1.54, 1.807) is 0 Å². The second-order valence-corrected chi connectivity index (χ2v) is 13.4. The maximum atomic E-state index is 14.1. The van der Waals surface area contributed by atoms with Crippen LogP contribution in [0.1, 0.15) is 62.1 Å². The summed E-state index contributed by atoms with van der Waals surface area (Å²) in [5, 5.41) is 9.59. The van der Waals surface area contributed by atoms with Crippen LogP contribution in [0, 0.1) is 0 Å². The van der Waals surface area contributed by atoms with Crippen LogP contribution in [-0.2, 0) is 43.5 Å². The summed E-state index contributed by atoms with van der Waals surface area (Å²) >= 11 is 0. The number of benzene rings is 4. The highest BCUT2D eigenvalue weighted by molar-refractivity contribution is 5.92. The highest BCUT2D eigenvalue weighted by atomic mass is 16.5. The van der Waals surface area contributed by atoms with Crippen molar-refractivity contribution in [3.8, 4) is 5.75 Å². The molecule has 11 heteroatoms. The fraction of sp³-hybridized carbons (Fsp3) is 0.318. The molecule has 0 spiro atoms. The second kappa shape index (κ2) is 21.6. The minimum atomic E-state index is -1.06. The van der Waals surface area contributed by atoms with Crippen LogP contribution in [0.5, 0.6) is 5.75 Å². The third kappa shape index (κ3) is 13.4. The molecule has 1 aromatic heterocycles. The lowest BCUT2D eigenvalue weighted by atomic mass is 10.0. The molecule has 0 saturated carbocycles. The Morgan fingerprint density at radius 1 is 0.655 bits per heavy atom. The largest absolute Gasteiger partial charge is 0.494 e. The van der Waals surface area contributed by atoms with Crippen LogP contribution in [0.25, 0.3) is 10.9 Å². The molecule has 0 saturated heterocycles. The molecule has 0 unspecified atom stereocenters. The van der Waals surface area contributed by atoms with Gasteiger partial charge in [0.25, 0.3) is 0 Å². The van der Waals surface area contributed by atoms with E-state index in [1.165, 1.54) is 0 Å². The summed E-state index contributed by atoms with van der Waals surface area (Å²) in [6.07, 6.45) is 3.93. The number of nitrogens with one attached hydrogen (secondary N) is 4. The minimum Gasteiger partial charge on any atom is -0.494 e. The van der Waals surface area contributed by atoms with Crippen molar-refractivity contribution in [2.24, 2.45) is 0 Å². The van der Waals surface area contributed by atoms with Crippen molar-refractivity contribution in [2.75, 3.05) is 6.61 Å². The van der Waals surface area contributed by atoms with Gasteiger partial charge in [0.2, 0.25) is 11.8 Å². The summed E-state index contributed by atoms with van der Waals surface area (Å²) in [4.78, 5) is 57.4. The lowest BCUT2D eigenvalue weighted by Crippen LogP contribution is -2.55. The van der Waals surface area contributed by atoms with E-state index in [-0.39, 0.29) is 26.1 Å². The molecule has 5 aromatic rings. The van der Waals surface area contributed by atoms with Crippen molar-refractivity contribution in [3.63, 3.8) is 0 Å².